The fraction of sp³-hybridized carbons (Fsp3) is 0.556. The first-order chi connectivity index (χ1) is 10.7. The predicted molar refractivity (Wildman–Crippen MR) is 99.6 cm³/mol. The molecule has 2 amide bonds. The summed E-state index contributed by atoms with van der Waals surface area (Å²) in [6.07, 6.45) is 3.36. The number of nitrogens with zero attached hydrogens (tertiary/aromatic N) is 1. The summed E-state index contributed by atoms with van der Waals surface area (Å²) < 4.78 is 0. The normalized spacial score (nSPS) is 15.5. The smallest absolute Gasteiger partial charge is 0.243 e. The van der Waals surface area contributed by atoms with Gasteiger partial charge in [0.2, 0.25) is 11.8 Å². The average Bonchev–Trinajstić information content (AvgIpc) is 2.90. The van der Waals surface area contributed by atoms with Crippen molar-refractivity contribution in [2.45, 2.75) is 52.0 Å². The van der Waals surface area contributed by atoms with Crippen LogP contribution >= 0.6 is 12.4 Å². The minimum absolute atomic E-state index is 0. The van der Waals surface area contributed by atoms with Crippen LogP contribution in [0.25, 0.3) is 0 Å². The van der Waals surface area contributed by atoms with Crippen molar-refractivity contribution in [1.82, 2.24) is 4.90 Å². The Hall–Kier alpha value is -1.59. The number of hydrogen-bond donors (Lipinski definition) is 2. The number of carbonyl (C=O) groups excluding carboxylic acids is 2. The van der Waals surface area contributed by atoms with E-state index >= 15 is 0 Å². The molecule has 0 unspecified atom stereocenters. The van der Waals surface area contributed by atoms with Gasteiger partial charge in [-0.15, -0.1) is 12.4 Å². The highest BCUT2D eigenvalue weighted by molar-refractivity contribution is 5.97. The molecule has 1 saturated carbocycles. The molecular weight excluding hydrogens is 326 g/mol. The van der Waals surface area contributed by atoms with Gasteiger partial charge in [0, 0.05) is 12.7 Å². The third-order valence-electron chi connectivity index (χ3n) is 4.59. The van der Waals surface area contributed by atoms with Gasteiger partial charge in [0.15, 0.2) is 0 Å². The van der Waals surface area contributed by atoms with E-state index in [0.717, 1.165) is 35.2 Å². The van der Waals surface area contributed by atoms with Crippen LogP contribution in [0, 0.1) is 20.8 Å². The number of amides is 2. The monoisotopic (exact) mass is 353 g/mol. The molecule has 134 valence electrons. The predicted octanol–water partition coefficient (Wildman–Crippen LogP) is 2.70. The highest BCUT2D eigenvalue weighted by Gasteiger charge is 2.39. The lowest BCUT2D eigenvalue weighted by Crippen LogP contribution is -2.53. The van der Waals surface area contributed by atoms with Crippen molar-refractivity contribution in [2.24, 2.45) is 5.73 Å². The second-order valence-electron chi connectivity index (χ2n) is 6.85. The molecule has 5 nitrogen and oxygen atoms in total. The van der Waals surface area contributed by atoms with E-state index in [1.54, 1.807) is 7.05 Å². The summed E-state index contributed by atoms with van der Waals surface area (Å²) >= 11 is 0. The number of nitrogens with two attached hydrogens (primary N) is 1. The lowest BCUT2D eigenvalue weighted by Gasteiger charge is -2.28. The zero-order valence-electron chi connectivity index (χ0n) is 14.9. The summed E-state index contributed by atoms with van der Waals surface area (Å²) in [6, 6.07) is 4.07. The van der Waals surface area contributed by atoms with E-state index in [2.05, 4.69) is 5.32 Å². The number of rotatable bonds is 4. The molecule has 0 bridgehead atoms. The van der Waals surface area contributed by atoms with Gasteiger partial charge in [0.05, 0.1) is 12.1 Å². The van der Waals surface area contributed by atoms with Gasteiger partial charge in [-0.2, -0.15) is 0 Å². The number of hydrogen-bond acceptors (Lipinski definition) is 3. The van der Waals surface area contributed by atoms with Crippen molar-refractivity contribution < 1.29 is 9.59 Å². The van der Waals surface area contributed by atoms with Crippen LogP contribution in [0.1, 0.15) is 42.4 Å². The molecule has 1 aromatic rings. The Morgan fingerprint density at radius 2 is 1.67 bits per heavy atom. The van der Waals surface area contributed by atoms with Crippen molar-refractivity contribution in [2.75, 3.05) is 18.9 Å². The minimum atomic E-state index is -0.787. The number of likely N-dealkylation sites (N-methyl/N-ethyl adjacent to an activating group) is 1. The summed E-state index contributed by atoms with van der Waals surface area (Å²) in [5.74, 6) is -0.333. The SMILES string of the molecule is Cc1cc(C)c(NC(=O)CN(C)C(=O)C2(N)CCCC2)c(C)c1.Cl. The zero-order chi connectivity index (χ0) is 17.2. The van der Waals surface area contributed by atoms with Crippen LogP contribution in [0.5, 0.6) is 0 Å². The topological polar surface area (TPSA) is 75.4 Å². The van der Waals surface area contributed by atoms with Crippen molar-refractivity contribution >= 4 is 29.9 Å². The van der Waals surface area contributed by atoms with Crippen LogP contribution in [0.15, 0.2) is 12.1 Å². The summed E-state index contributed by atoms with van der Waals surface area (Å²) in [7, 11) is 1.64. The number of anilines is 1. The molecule has 0 saturated heterocycles. The maximum absolute atomic E-state index is 12.5. The molecule has 0 radical (unpaired) electrons. The first-order valence-electron chi connectivity index (χ1n) is 8.15. The molecule has 3 N–H and O–H groups in total. The van der Waals surface area contributed by atoms with E-state index in [-0.39, 0.29) is 30.8 Å². The molecule has 0 aliphatic heterocycles. The van der Waals surface area contributed by atoms with Crippen LogP contribution < -0.4 is 11.1 Å². The zero-order valence-corrected chi connectivity index (χ0v) is 15.8. The highest BCUT2D eigenvalue weighted by atomic mass is 35.5. The molecule has 2 rings (SSSR count). The van der Waals surface area contributed by atoms with Crippen LogP contribution in [0.3, 0.4) is 0 Å². The molecule has 1 aliphatic rings. The first-order valence-corrected chi connectivity index (χ1v) is 8.15. The molecule has 1 aromatic carbocycles. The third-order valence-corrected chi connectivity index (χ3v) is 4.59. The lowest BCUT2D eigenvalue weighted by atomic mass is 9.97. The number of nitrogens with one attached hydrogen (secondary N) is 1. The van der Waals surface area contributed by atoms with Crippen LogP contribution in [0.2, 0.25) is 0 Å². The molecule has 1 aliphatic carbocycles. The lowest BCUT2D eigenvalue weighted by molar-refractivity contribution is -0.138. The minimum Gasteiger partial charge on any atom is -0.335 e. The van der Waals surface area contributed by atoms with Gasteiger partial charge in [-0.25, -0.2) is 0 Å². The van der Waals surface area contributed by atoms with E-state index in [1.165, 1.54) is 4.90 Å². The van der Waals surface area contributed by atoms with E-state index in [9.17, 15) is 9.59 Å². The molecular formula is C18H28ClN3O2. The Kier molecular flexibility index (Phi) is 6.81. The highest BCUT2D eigenvalue weighted by Crippen LogP contribution is 2.28. The van der Waals surface area contributed by atoms with E-state index in [4.69, 9.17) is 5.73 Å². The Balaban J connectivity index is 0.00000288. The fourth-order valence-corrected chi connectivity index (χ4v) is 3.44. The van der Waals surface area contributed by atoms with Crippen LogP contribution in [0.4, 0.5) is 5.69 Å². The molecule has 24 heavy (non-hydrogen) atoms. The van der Waals surface area contributed by atoms with E-state index in [0.29, 0.717) is 12.8 Å². The van der Waals surface area contributed by atoms with Crippen molar-refractivity contribution in [3.8, 4) is 0 Å². The number of halogens is 1. The summed E-state index contributed by atoms with van der Waals surface area (Å²) in [5.41, 5.74) is 9.42. The summed E-state index contributed by atoms with van der Waals surface area (Å²) in [4.78, 5) is 26.2. The fourth-order valence-electron chi connectivity index (χ4n) is 3.44. The van der Waals surface area contributed by atoms with Gasteiger partial charge >= 0.3 is 0 Å². The summed E-state index contributed by atoms with van der Waals surface area (Å²) in [5, 5.41) is 2.92. The standard InChI is InChI=1S/C18H27N3O2.ClH/c1-12-9-13(2)16(14(3)10-12)20-15(22)11-21(4)17(23)18(19)7-5-6-8-18;/h9-10H,5-8,11,19H2,1-4H3,(H,20,22);1H. The number of aryl methyl sites for hydroxylation is 3. The largest absolute Gasteiger partial charge is 0.335 e. The maximum atomic E-state index is 12.5. The molecule has 6 heteroatoms. The number of carbonyl (C=O) groups is 2. The van der Waals surface area contributed by atoms with Gasteiger partial charge in [-0.1, -0.05) is 30.5 Å². The average molecular weight is 354 g/mol. The Morgan fingerprint density at radius 3 is 2.17 bits per heavy atom. The van der Waals surface area contributed by atoms with Gasteiger partial charge in [0.1, 0.15) is 0 Å². The Morgan fingerprint density at radius 1 is 1.17 bits per heavy atom. The molecule has 0 spiro atoms. The van der Waals surface area contributed by atoms with Crippen LogP contribution in [-0.4, -0.2) is 35.8 Å². The van der Waals surface area contributed by atoms with Gasteiger partial charge in [-0.05, 0) is 44.7 Å². The maximum Gasteiger partial charge on any atom is 0.243 e. The van der Waals surface area contributed by atoms with Gasteiger partial charge < -0.3 is 16.0 Å². The third kappa shape index (κ3) is 4.48. The molecule has 1 fully saturated rings. The van der Waals surface area contributed by atoms with E-state index < -0.39 is 5.54 Å². The van der Waals surface area contributed by atoms with Crippen molar-refractivity contribution in [3.63, 3.8) is 0 Å². The summed E-state index contributed by atoms with van der Waals surface area (Å²) in [6.45, 7) is 5.99. The van der Waals surface area contributed by atoms with Crippen LogP contribution in [-0.2, 0) is 9.59 Å². The Bertz CT molecular complexity index is 602. The second-order valence-corrected chi connectivity index (χ2v) is 6.85. The van der Waals surface area contributed by atoms with Gasteiger partial charge in [0.25, 0.3) is 0 Å². The first kappa shape index (κ1) is 20.5. The quantitative estimate of drug-likeness (QED) is 0.873. The molecule has 0 aromatic heterocycles. The van der Waals surface area contributed by atoms with Gasteiger partial charge in [-0.3, -0.25) is 9.59 Å². The van der Waals surface area contributed by atoms with Crippen molar-refractivity contribution in [3.05, 3.63) is 28.8 Å². The molecule has 0 atom stereocenters. The second kappa shape index (κ2) is 7.99. The van der Waals surface area contributed by atoms with Crippen molar-refractivity contribution in [1.29, 1.82) is 0 Å². The molecule has 0 heterocycles. The number of benzene rings is 1. The Labute approximate surface area is 150 Å². The van der Waals surface area contributed by atoms with E-state index in [1.807, 2.05) is 32.9 Å².